The van der Waals surface area contributed by atoms with Crippen molar-refractivity contribution in [2.75, 3.05) is 33.2 Å². The Labute approximate surface area is 122 Å². The number of benzene rings is 1. The standard InChI is InChI=1S/C15H24N2O2S/c1-15(2,3)13-5-7-14(8-6-13)20(18,19)17-11-9-16(4)10-12-17/h5-8H,9-12H2,1-4H3/p+1. The van der Waals surface area contributed by atoms with E-state index in [1.54, 1.807) is 16.4 Å². The highest BCUT2D eigenvalue weighted by atomic mass is 32.2. The average molecular weight is 297 g/mol. The van der Waals surface area contributed by atoms with Gasteiger partial charge in [0.1, 0.15) is 0 Å². The van der Waals surface area contributed by atoms with Gasteiger partial charge in [-0.3, -0.25) is 0 Å². The highest BCUT2D eigenvalue weighted by Crippen LogP contribution is 2.24. The molecule has 0 bridgehead atoms. The lowest BCUT2D eigenvalue weighted by Crippen LogP contribution is -3.12. The van der Waals surface area contributed by atoms with E-state index < -0.39 is 10.0 Å². The molecule has 0 aliphatic carbocycles. The molecule has 20 heavy (non-hydrogen) atoms. The molecule has 2 rings (SSSR count). The first-order valence-corrected chi connectivity index (χ1v) is 8.57. The van der Waals surface area contributed by atoms with Crippen LogP contribution in [-0.4, -0.2) is 45.9 Å². The van der Waals surface area contributed by atoms with Crippen LogP contribution in [0, 0.1) is 0 Å². The van der Waals surface area contributed by atoms with Crippen LogP contribution in [0.15, 0.2) is 29.2 Å². The van der Waals surface area contributed by atoms with Crippen molar-refractivity contribution in [3.63, 3.8) is 0 Å². The van der Waals surface area contributed by atoms with Crippen LogP contribution in [0.5, 0.6) is 0 Å². The highest BCUT2D eigenvalue weighted by molar-refractivity contribution is 7.89. The van der Waals surface area contributed by atoms with Gasteiger partial charge < -0.3 is 4.90 Å². The van der Waals surface area contributed by atoms with Gasteiger partial charge in [-0.15, -0.1) is 0 Å². The second-order valence-corrected chi connectivity index (χ2v) is 8.57. The predicted molar refractivity (Wildman–Crippen MR) is 80.5 cm³/mol. The average Bonchev–Trinajstić information content (AvgIpc) is 2.38. The van der Waals surface area contributed by atoms with E-state index in [1.165, 1.54) is 4.90 Å². The molecule has 5 heteroatoms. The summed E-state index contributed by atoms with van der Waals surface area (Å²) in [6.45, 7) is 9.34. The maximum Gasteiger partial charge on any atom is 0.243 e. The van der Waals surface area contributed by atoms with E-state index in [0.29, 0.717) is 18.0 Å². The number of sulfonamides is 1. The summed E-state index contributed by atoms with van der Waals surface area (Å²) < 4.78 is 26.7. The van der Waals surface area contributed by atoms with E-state index in [1.807, 2.05) is 12.1 Å². The fraction of sp³-hybridized carbons (Fsp3) is 0.600. The largest absolute Gasteiger partial charge is 0.335 e. The highest BCUT2D eigenvalue weighted by Gasteiger charge is 2.29. The third-order valence-corrected chi connectivity index (χ3v) is 5.85. The van der Waals surface area contributed by atoms with Crippen LogP contribution < -0.4 is 4.90 Å². The van der Waals surface area contributed by atoms with Crippen LogP contribution in [0.1, 0.15) is 26.3 Å². The minimum absolute atomic E-state index is 0.0412. The Kier molecular flexibility index (Phi) is 4.23. The van der Waals surface area contributed by atoms with Crippen molar-refractivity contribution in [2.45, 2.75) is 31.1 Å². The van der Waals surface area contributed by atoms with E-state index >= 15 is 0 Å². The molecule has 0 spiro atoms. The minimum atomic E-state index is -3.33. The van der Waals surface area contributed by atoms with E-state index in [0.717, 1.165) is 18.7 Å². The lowest BCUT2D eigenvalue weighted by atomic mass is 9.87. The number of nitrogens with one attached hydrogen (secondary N) is 1. The summed E-state index contributed by atoms with van der Waals surface area (Å²) in [5.74, 6) is 0. The quantitative estimate of drug-likeness (QED) is 0.864. The zero-order chi connectivity index (χ0) is 15.0. The smallest absolute Gasteiger partial charge is 0.243 e. The van der Waals surface area contributed by atoms with Gasteiger partial charge in [-0.05, 0) is 23.1 Å². The maximum absolute atomic E-state index is 12.6. The Morgan fingerprint density at radius 3 is 2.00 bits per heavy atom. The first-order valence-electron chi connectivity index (χ1n) is 7.13. The van der Waals surface area contributed by atoms with Gasteiger partial charge in [0.05, 0.1) is 38.1 Å². The molecule has 1 N–H and O–H groups in total. The van der Waals surface area contributed by atoms with Gasteiger partial charge in [0.25, 0.3) is 0 Å². The summed E-state index contributed by atoms with van der Waals surface area (Å²) in [5, 5.41) is 0. The Morgan fingerprint density at radius 2 is 1.55 bits per heavy atom. The van der Waals surface area contributed by atoms with Gasteiger partial charge in [0.15, 0.2) is 0 Å². The van der Waals surface area contributed by atoms with Crippen molar-refractivity contribution >= 4 is 10.0 Å². The Morgan fingerprint density at radius 1 is 1.05 bits per heavy atom. The summed E-state index contributed by atoms with van der Waals surface area (Å²) >= 11 is 0. The third-order valence-electron chi connectivity index (χ3n) is 3.93. The number of quaternary nitrogens is 1. The van der Waals surface area contributed by atoms with Gasteiger partial charge in [-0.2, -0.15) is 4.31 Å². The predicted octanol–water partition coefficient (Wildman–Crippen LogP) is 0.503. The number of piperazine rings is 1. The summed E-state index contributed by atoms with van der Waals surface area (Å²) in [7, 11) is -1.23. The Bertz CT molecular complexity index is 551. The molecule has 1 aliphatic heterocycles. The second-order valence-electron chi connectivity index (χ2n) is 6.64. The van der Waals surface area contributed by atoms with E-state index in [2.05, 4.69) is 27.8 Å². The summed E-state index contributed by atoms with van der Waals surface area (Å²) in [6.07, 6.45) is 0. The van der Waals surface area contributed by atoms with Crippen molar-refractivity contribution < 1.29 is 13.3 Å². The van der Waals surface area contributed by atoms with Crippen LogP contribution in [-0.2, 0) is 15.4 Å². The van der Waals surface area contributed by atoms with Gasteiger partial charge in [0, 0.05) is 0 Å². The van der Waals surface area contributed by atoms with Gasteiger partial charge in [-0.1, -0.05) is 32.9 Å². The zero-order valence-corrected chi connectivity index (χ0v) is 13.6. The van der Waals surface area contributed by atoms with E-state index in [9.17, 15) is 8.42 Å². The molecule has 0 atom stereocenters. The molecule has 1 heterocycles. The molecule has 1 saturated heterocycles. The molecule has 1 fully saturated rings. The SMILES string of the molecule is C[NH+]1CCN(S(=O)(=O)c2ccc(C(C)(C)C)cc2)CC1. The number of nitrogens with zero attached hydrogens (tertiary/aromatic N) is 1. The first-order chi connectivity index (χ1) is 9.21. The van der Waals surface area contributed by atoms with Gasteiger partial charge in [-0.25, -0.2) is 8.42 Å². The molecule has 1 aromatic carbocycles. The minimum Gasteiger partial charge on any atom is -0.335 e. The van der Waals surface area contributed by atoms with Crippen molar-refractivity contribution in [3.8, 4) is 0 Å². The number of rotatable bonds is 2. The summed E-state index contributed by atoms with van der Waals surface area (Å²) in [5.41, 5.74) is 1.19. The molecule has 0 radical (unpaired) electrons. The number of hydrogen-bond donors (Lipinski definition) is 1. The van der Waals surface area contributed by atoms with Crippen LogP contribution in [0.25, 0.3) is 0 Å². The molecule has 1 aromatic rings. The van der Waals surface area contributed by atoms with Gasteiger partial charge in [0.2, 0.25) is 10.0 Å². The molecule has 0 aromatic heterocycles. The fourth-order valence-corrected chi connectivity index (χ4v) is 3.83. The molecule has 0 unspecified atom stereocenters. The van der Waals surface area contributed by atoms with E-state index in [-0.39, 0.29) is 5.41 Å². The third kappa shape index (κ3) is 3.22. The van der Waals surface area contributed by atoms with Crippen molar-refractivity contribution in [1.82, 2.24) is 4.31 Å². The molecule has 112 valence electrons. The zero-order valence-electron chi connectivity index (χ0n) is 12.8. The molecule has 0 saturated carbocycles. The lowest BCUT2D eigenvalue weighted by molar-refractivity contribution is -0.883. The topological polar surface area (TPSA) is 41.8 Å². The second kappa shape index (κ2) is 5.47. The fourth-order valence-electron chi connectivity index (χ4n) is 2.38. The first kappa shape index (κ1) is 15.5. The van der Waals surface area contributed by atoms with Crippen LogP contribution in [0.4, 0.5) is 0 Å². The molecular weight excluding hydrogens is 272 g/mol. The normalized spacial score (nSPS) is 19.2. The Hall–Kier alpha value is -0.910. The van der Waals surface area contributed by atoms with Crippen molar-refractivity contribution in [1.29, 1.82) is 0 Å². The summed E-state index contributed by atoms with van der Waals surface area (Å²) in [6, 6.07) is 7.32. The Balaban J connectivity index is 2.22. The van der Waals surface area contributed by atoms with Gasteiger partial charge >= 0.3 is 0 Å². The van der Waals surface area contributed by atoms with Crippen LogP contribution in [0.3, 0.4) is 0 Å². The number of likely N-dealkylation sites (N-methyl/N-ethyl adjacent to an activating group) is 1. The molecule has 0 amide bonds. The van der Waals surface area contributed by atoms with Crippen molar-refractivity contribution in [3.05, 3.63) is 29.8 Å². The monoisotopic (exact) mass is 297 g/mol. The van der Waals surface area contributed by atoms with E-state index in [4.69, 9.17) is 0 Å². The lowest BCUT2D eigenvalue weighted by Gasteiger charge is -2.29. The van der Waals surface area contributed by atoms with Crippen LogP contribution >= 0.6 is 0 Å². The maximum atomic E-state index is 12.6. The number of hydrogen-bond acceptors (Lipinski definition) is 2. The molecular formula is C15H25N2O2S+. The molecule has 4 nitrogen and oxygen atoms in total. The van der Waals surface area contributed by atoms with Crippen LogP contribution in [0.2, 0.25) is 0 Å². The summed E-state index contributed by atoms with van der Waals surface area (Å²) in [4.78, 5) is 1.80. The molecule has 1 aliphatic rings. The van der Waals surface area contributed by atoms with Crippen molar-refractivity contribution in [2.24, 2.45) is 0 Å².